The molecule has 1 amide bonds. The molecule has 0 spiro atoms. The van der Waals surface area contributed by atoms with Crippen LogP contribution in [-0.4, -0.2) is 53.3 Å². The maximum Gasteiger partial charge on any atom is 0.304 e. The zero-order valence-corrected chi connectivity index (χ0v) is 23.1. The molecule has 2 aromatic heterocycles. The van der Waals surface area contributed by atoms with Gasteiger partial charge in [0.25, 0.3) is 0 Å². The van der Waals surface area contributed by atoms with Crippen molar-refractivity contribution in [1.82, 2.24) is 9.97 Å². The zero-order valence-electron chi connectivity index (χ0n) is 22.3. The lowest BCUT2D eigenvalue weighted by Gasteiger charge is -2.26. The van der Waals surface area contributed by atoms with Crippen LogP contribution in [-0.2, 0) is 14.3 Å². The topological polar surface area (TPSA) is 102 Å². The van der Waals surface area contributed by atoms with E-state index in [1.807, 2.05) is 41.8 Å². The van der Waals surface area contributed by atoms with Crippen LogP contribution in [0.2, 0.25) is 0 Å². The summed E-state index contributed by atoms with van der Waals surface area (Å²) in [6.45, 7) is 0.932. The van der Waals surface area contributed by atoms with E-state index < -0.39 is 11.9 Å². The number of rotatable bonds is 13. The average Bonchev–Trinajstić information content (AvgIpc) is 3.41. The van der Waals surface area contributed by atoms with Crippen molar-refractivity contribution in [2.24, 2.45) is 11.8 Å². The number of carbonyl (C=O) groups is 2. The number of pyridine rings is 1. The summed E-state index contributed by atoms with van der Waals surface area (Å²) in [7, 11) is 1.63. The van der Waals surface area contributed by atoms with Gasteiger partial charge >= 0.3 is 5.97 Å². The van der Waals surface area contributed by atoms with Crippen molar-refractivity contribution >= 4 is 28.3 Å². The summed E-state index contributed by atoms with van der Waals surface area (Å²) in [5.74, 6) is -0.546. The fourth-order valence-electron chi connectivity index (χ4n) is 5.40. The Hall–Kier alpha value is -3.30. The fourth-order valence-corrected chi connectivity index (χ4v) is 6.30. The first kappa shape index (κ1) is 27.3. The first-order chi connectivity index (χ1) is 19.0. The summed E-state index contributed by atoms with van der Waals surface area (Å²) < 4.78 is 10.6. The number of nitrogens with zero attached hydrogens (tertiary/aromatic N) is 3. The van der Waals surface area contributed by atoms with Gasteiger partial charge in [-0.25, -0.2) is 9.97 Å². The molecule has 1 atom stereocenters. The van der Waals surface area contributed by atoms with Crippen LogP contribution in [0.15, 0.2) is 48.0 Å². The molecule has 2 fully saturated rings. The van der Waals surface area contributed by atoms with Crippen LogP contribution in [0.4, 0.5) is 5.13 Å². The Morgan fingerprint density at radius 3 is 2.51 bits per heavy atom. The fraction of sp³-hybridized carbons (Fsp3) is 0.467. The van der Waals surface area contributed by atoms with Crippen molar-refractivity contribution in [3.63, 3.8) is 0 Å². The molecule has 9 heteroatoms. The van der Waals surface area contributed by atoms with E-state index in [-0.39, 0.29) is 18.4 Å². The minimum Gasteiger partial charge on any atom is -0.481 e. The molecule has 8 nitrogen and oxygen atoms in total. The van der Waals surface area contributed by atoms with Crippen LogP contribution >= 0.6 is 11.3 Å². The van der Waals surface area contributed by atoms with Gasteiger partial charge < -0.3 is 14.6 Å². The highest BCUT2D eigenvalue weighted by atomic mass is 32.1. The number of hydrogen-bond acceptors (Lipinski definition) is 7. The highest BCUT2D eigenvalue weighted by Crippen LogP contribution is 2.40. The molecule has 2 aliphatic rings. The van der Waals surface area contributed by atoms with Gasteiger partial charge in [0.15, 0.2) is 5.13 Å². The highest BCUT2D eigenvalue weighted by Gasteiger charge is 2.40. The van der Waals surface area contributed by atoms with Crippen molar-refractivity contribution in [3.05, 3.63) is 48.0 Å². The minimum atomic E-state index is -0.917. The maximum atomic E-state index is 13.8. The number of aliphatic carboxylic acids is 1. The monoisotopic (exact) mass is 549 g/mol. The van der Waals surface area contributed by atoms with Gasteiger partial charge in [-0.15, -0.1) is 11.3 Å². The van der Waals surface area contributed by atoms with Gasteiger partial charge in [0, 0.05) is 47.8 Å². The number of benzene rings is 1. The van der Waals surface area contributed by atoms with E-state index in [0.29, 0.717) is 36.6 Å². The van der Waals surface area contributed by atoms with E-state index in [9.17, 15) is 14.7 Å². The van der Waals surface area contributed by atoms with Gasteiger partial charge in [0.1, 0.15) is 6.61 Å². The normalized spacial score (nSPS) is 16.2. The van der Waals surface area contributed by atoms with Crippen molar-refractivity contribution in [1.29, 1.82) is 0 Å². The highest BCUT2D eigenvalue weighted by molar-refractivity contribution is 7.14. The standard InChI is InChI=1S/C30H35N3O5S/c1-37-14-15-38-27-13-10-21(18-31-27)24-8-4-5-9-25(24)26-19-39-30(32-26)33(23-11-12-23)29(36)22(17-28(34)35)16-20-6-2-3-7-20/h4-5,8-10,13,18-20,22-23H,2-3,6-7,11-12,14-17H2,1H3,(H,34,35)/t22-/m1/s1. The zero-order chi connectivity index (χ0) is 27.2. The van der Waals surface area contributed by atoms with Crippen molar-refractivity contribution in [2.45, 2.75) is 57.4 Å². The molecule has 0 saturated heterocycles. The number of aromatic nitrogens is 2. The Kier molecular flexibility index (Phi) is 8.88. The van der Waals surface area contributed by atoms with E-state index in [0.717, 1.165) is 48.1 Å². The number of amides is 1. The molecule has 1 aromatic carbocycles. The second-order valence-corrected chi connectivity index (χ2v) is 11.2. The third-order valence-electron chi connectivity index (χ3n) is 7.50. The molecule has 5 rings (SSSR count). The van der Waals surface area contributed by atoms with Crippen molar-refractivity contribution < 1.29 is 24.2 Å². The quantitative estimate of drug-likeness (QED) is 0.258. The number of carbonyl (C=O) groups excluding carboxylic acids is 1. The SMILES string of the molecule is COCCOc1ccc(-c2ccccc2-c2csc(N(C(=O)[C@@H](CC(=O)O)CC3CCCC3)C3CC3)n2)cn1. The molecular formula is C30H35N3O5S. The Balaban J connectivity index is 1.38. The third-order valence-corrected chi connectivity index (χ3v) is 8.34. The van der Waals surface area contributed by atoms with Crippen LogP contribution in [0.3, 0.4) is 0 Å². The number of ether oxygens (including phenoxy) is 2. The average molecular weight is 550 g/mol. The molecule has 39 heavy (non-hydrogen) atoms. The summed E-state index contributed by atoms with van der Waals surface area (Å²) in [6, 6.07) is 11.9. The van der Waals surface area contributed by atoms with Gasteiger partial charge in [0.05, 0.1) is 18.7 Å². The molecule has 3 aromatic rings. The predicted octanol–water partition coefficient (Wildman–Crippen LogP) is 6.06. The first-order valence-electron chi connectivity index (χ1n) is 13.7. The maximum absolute atomic E-state index is 13.8. The van der Waals surface area contributed by atoms with Crippen LogP contribution in [0.5, 0.6) is 5.88 Å². The van der Waals surface area contributed by atoms with Gasteiger partial charge in [-0.05, 0) is 36.8 Å². The molecule has 0 aliphatic heterocycles. The molecule has 2 aliphatic carbocycles. The molecule has 0 bridgehead atoms. The molecule has 206 valence electrons. The summed E-state index contributed by atoms with van der Waals surface area (Å²) in [6.07, 6.45) is 8.65. The summed E-state index contributed by atoms with van der Waals surface area (Å²) in [5.41, 5.74) is 3.66. The smallest absolute Gasteiger partial charge is 0.304 e. The third kappa shape index (κ3) is 6.83. The van der Waals surface area contributed by atoms with Gasteiger partial charge in [0.2, 0.25) is 11.8 Å². The Labute approximate surface area is 233 Å². The Morgan fingerprint density at radius 1 is 1.08 bits per heavy atom. The largest absolute Gasteiger partial charge is 0.481 e. The minimum absolute atomic E-state index is 0.0887. The van der Waals surface area contributed by atoms with Crippen LogP contribution in [0.1, 0.15) is 51.4 Å². The second kappa shape index (κ2) is 12.7. The number of carboxylic acid groups (broad SMARTS) is 1. The van der Waals surface area contributed by atoms with Gasteiger partial charge in [-0.1, -0.05) is 49.9 Å². The number of carboxylic acids is 1. The number of methoxy groups -OCH3 is 1. The molecule has 2 saturated carbocycles. The van der Waals surface area contributed by atoms with E-state index in [1.54, 1.807) is 18.2 Å². The van der Waals surface area contributed by atoms with E-state index in [2.05, 4.69) is 4.98 Å². The van der Waals surface area contributed by atoms with Gasteiger partial charge in [-0.3, -0.25) is 14.5 Å². The molecule has 0 radical (unpaired) electrons. The molecule has 2 heterocycles. The molecule has 1 N–H and O–H groups in total. The summed E-state index contributed by atoms with van der Waals surface area (Å²) in [4.78, 5) is 36.7. The molecule has 0 unspecified atom stereocenters. The van der Waals surface area contributed by atoms with Crippen molar-refractivity contribution in [3.8, 4) is 28.3 Å². The van der Waals surface area contributed by atoms with E-state index in [1.165, 1.54) is 24.2 Å². The van der Waals surface area contributed by atoms with Crippen molar-refractivity contribution in [2.75, 3.05) is 25.2 Å². The lowest BCUT2D eigenvalue weighted by Crippen LogP contribution is -2.39. The Bertz CT molecular complexity index is 1270. The van der Waals surface area contributed by atoms with Crippen LogP contribution < -0.4 is 9.64 Å². The summed E-state index contributed by atoms with van der Waals surface area (Å²) >= 11 is 1.44. The lowest BCUT2D eigenvalue weighted by molar-refractivity contribution is -0.141. The van der Waals surface area contributed by atoms with Crippen LogP contribution in [0, 0.1) is 11.8 Å². The number of anilines is 1. The number of thiazole rings is 1. The first-order valence-corrected chi connectivity index (χ1v) is 14.6. The number of hydrogen-bond donors (Lipinski definition) is 1. The van der Waals surface area contributed by atoms with E-state index in [4.69, 9.17) is 14.5 Å². The van der Waals surface area contributed by atoms with Gasteiger partial charge in [-0.2, -0.15) is 0 Å². The van der Waals surface area contributed by atoms with E-state index >= 15 is 0 Å². The lowest BCUT2D eigenvalue weighted by atomic mass is 9.90. The Morgan fingerprint density at radius 2 is 1.85 bits per heavy atom. The van der Waals surface area contributed by atoms with Crippen LogP contribution in [0.25, 0.3) is 22.4 Å². The predicted molar refractivity (Wildman–Crippen MR) is 151 cm³/mol. The second-order valence-electron chi connectivity index (χ2n) is 10.4. The summed E-state index contributed by atoms with van der Waals surface area (Å²) in [5, 5.41) is 12.2. The molecular weight excluding hydrogens is 514 g/mol.